The van der Waals surface area contributed by atoms with E-state index in [9.17, 15) is 23.1 Å². The Labute approximate surface area is 260 Å². The topological polar surface area (TPSA) is 116 Å². The van der Waals surface area contributed by atoms with E-state index in [1.54, 1.807) is 0 Å². The van der Waals surface area contributed by atoms with Gasteiger partial charge in [-0.1, -0.05) is 0 Å². The molecular formula is C32H47IN3O6S-. The molecule has 0 bridgehead atoms. The van der Waals surface area contributed by atoms with Crippen LogP contribution in [0.1, 0.15) is 48.8 Å². The van der Waals surface area contributed by atoms with Gasteiger partial charge in [0, 0.05) is 6.42 Å². The number of alkyl halides is 4. The Kier molecular flexibility index (Phi) is 11.2. The van der Waals surface area contributed by atoms with Crippen molar-refractivity contribution in [3.8, 4) is 5.75 Å². The first-order chi connectivity index (χ1) is 20.3. The monoisotopic (exact) mass is 728 g/mol. The van der Waals surface area contributed by atoms with Crippen molar-refractivity contribution in [2.24, 2.45) is 5.92 Å². The number of carboxylic acids is 1. The maximum atomic E-state index is 14.1. The maximum absolute atomic E-state index is 14.1. The van der Waals surface area contributed by atoms with Crippen molar-refractivity contribution in [2.45, 2.75) is 49.0 Å². The third-order valence-electron chi connectivity index (χ3n) is 8.13. The van der Waals surface area contributed by atoms with Gasteiger partial charge in [0.2, 0.25) is 10.0 Å². The quantitative estimate of drug-likeness (QED) is 0.214. The van der Waals surface area contributed by atoms with Crippen LogP contribution in [0, 0.1) is 5.92 Å². The molecule has 2 aromatic rings. The number of halogens is 1. The predicted molar refractivity (Wildman–Crippen MR) is 168 cm³/mol. The van der Waals surface area contributed by atoms with Crippen LogP contribution in [0.5, 0.6) is 5.75 Å². The SMILES string of the molecule is CCCCN(C(=O)CN1C[C@H](c2ccc3c(c2)CCO3)[C@@H](C(=O)O)[C@@H]1CCNS(C)(=O)=O)c1cccc(C[I-](C)(C)C)c1. The third kappa shape index (κ3) is 9.15. The number of carbonyl (C=O) groups excluding carboxylic acids is 1. The molecule has 2 heterocycles. The van der Waals surface area contributed by atoms with Crippen LogP contribution in [0.2, 0.25) is 0 Å². The van der Waals surface area contributed by atoms with Gasteiger partial charge in [-0.05, 0) is 11.6 Å². The van der Waals surface area contributed by atoms with Crippen LogP contribution < -0.4 is 32.8 Å². The number of hydrogen-bond acceptors (Lipinski definition) is 6. The fourth-order valence-electron chi connectivity index (χ4n) is 6.26. The van der Waals surface area contributed by atoms with E-state index in [-0.39, 0.29) is 31.3 Å². The second-order valence-corrected chi connectivity index (χ2v) is 26.2. The minimum atomic E-state index is -3.44. The van der Waals surface area contributed by atoms with Gasteiger partial charge in [0.15, 0.2) is 0 Å². The molecule has 0 aliphatic carbocycles. The van der Waals surface area contributed by atoms with Gasteiger partial charge in [0.1, 0.15) is 5.75 Å². The van der Waals surface area contributed by atoms with Crippen molar-refractivity contribution in [2.75, 3.05) is 58.7 Å². The van der Waals surface area contributed by atoms with Crippen LogP contribution in [-0.4, -0.2) is 90.2 Å². The van der Waals surface area contributed by atoms with Gasteiger partial charge in [-0.2, -0.15) is 0 Å². The number of carboxylic acid groups (broad SMARTS) is 1. The summed E-state index contributed by atoms with van der Waals surface area (Å²) in [4.78, 5) is 37.8. The summed E-state index contributed by atoms with van der Waals surface area (Å²) in [5.74, 6) is -1.32. The third-order valence-corrected chi connectivity index (χ3v) is 12.0. The van der Waals surface area contributed by atoms with Crippen LogP contribution in [0.15, 0.2) is 42.5 Å². The number of hydrogen-bond donors (Lipinski definition) is 2. The van der Waals surface area contributed by atoms with Crippen LogP contribution in [0.25, 0.3) is 0 Å². The molecule has 2 N–H and O–H groups in total. The number of sulfonamides is 1. The molecule has 0 spiro atoms. The number of likely N-dealkylation sites (tertiary alicyclic amines) is 1. The number of benzene rings is 2. The van der Waals surface area contributed by atoms with E-state index >= 15 is 0 Å². The first-order valence-corrected chi connectivity index (χ1v) is 24.8. The minimum absolute atomic E-state index is 0.0580. The van der Waals surface area contributed by atoms with Crippen molar-refractivity contribution in [3.63, 3.8) is 0 Å². The summed E-state index contributed by atoms with van der Waals surface area (Å²) in [5.41, 5.74) is 4.10. The molecule has 1 saturated heterocycles. The van der Waals surface area contributed by atoms with E-state index in [2.05, 4.69) is 38.6 Å². The summed E-state index contributed by atoms with van der Waals surface area (Å²) in [6.07, 6.45) is 3.95. The Morgan fingerprint density at radius 1 is 1.16 bits per heavy atom. The molecule has 0 unspecified atom stereocenters. The Hall–Kier alpha value is -2.22. The predicted octanol–water partition coefficient (Wildman–Crippen LogP) is 0.413. The van der Waals surface area contributed by atoms with E-state index < -0.39 is 46.4 Å². The molecule has 1 fully saturated rings. The van der Waals surface area contributed by atoms with E-state index in [4.69, 9.17) is 4.74 Å². The molecule has 0 radical (unpaired) electrons. The summed E-state index contributed by atoms with van der Waals surface area (Å²) in [5, 5.41) is 10.5. The summed E-state index contributed by atoms with van der Waals surface area (Å²) in [7, 11) is -3.44. The first-order valence-electron chi connectivity index (χ1n) is 14.9. The number of unbranched alkanes of at least 4 members (excludes halogenated alkanes) is 1. The van der Waals surface area contributed by atoms with Crippen molar-refractivity contribution < 1.29 is 46.3 Å². The number of fused-ring (bicyclic) bond motifs is 1. The van der Waals surface area contributed by atoms with Crippen molar-refractivity contribution >= 4 is 27.6 Å². The van der Waals surface area contributed by atoms with Gasteiger partial charge in [0.25, 0.3) is 0 Å². The number of aliphatic carboxylic acids is 1. The Bertz CT molecular complexity index is 1410. The molecule has 1 amide bonds. The summed E-state index contributed by atoms with van der Waals surface area (Å²) in [6.45, 7) is 3.84. The molecular weight excluding hydrogens is 681 g/mol. The van der Waals surface area contributed by atoms with Gasteiger partial charge in [-0.15, -0.1) is 0 Å². The molecule has 2 aliphatic rings. The van der Waals surface area contributed by atoms with E-state index in [0.717, 1.165) is 52.5 Å². The van der Waals surface area contributed by atoms with Crippen molar-refractivity contribution in [3.05, 3.63) is 59.2 Å². The number of carbonyl (C=O) groups is 2. The van der Waals surface area contributed by atoms with Crippen LogP contribution in [-0.2, 0) is 30.5 Å². The number of nitrogens with one attached hydrogen (secondary N) is 1. The van der Waals surface area contributed by atoms with Crippen molar-refractivity contribution in [1.82, 2.24) is 9.62 Å². The van der Waals surface area contributed by atoms with Gasteiger partial charge in [0.05, 0.1) is 12.9 Å². The summed E-state index contributed by atoms with van der Waals surface area (Å²) >= 11 is -1.80. The Morgan fingerprint density at radius 2 is 1.93 bits per heavy atom. The Morgan fingerprint density at radius 3 is 2.60 bits per heavy atom. The molecule has 43 heavy (non-hydrogen) atoms. The van der Waals surface area contributed by atoms with Gasteiger partial charge in [-0.3, -0.25) is 0 Å². The molecule has 3 atom stereocenters. The first kappa shape index (κ1) is 33.7. The molecule has 9 nitrogen and oxygen atoms in total. The van der Waals surface area contributed by atoms with Gasteiger partial charge >= 0.3 is 202 Å². The second-order valence-electron chi connectivity index (χ2n) is 12.5. The normalized spacial score (nSPS) is 20.9. The zero-order valence-corrected chi connectivity index (χ0v) is 29.0. The van der Waals surface area contributed by atoms with E-state index in [1.165, 1.54) is 5.56 Å². The molecule has 4 rings (SSSR count). The van der Waals surface area contributed by atoms with Crippen LogP contribution >= 0.6 is 0 Å². The fraction of sp³-hybridized carbons (Fsp3) is 0.562. The zero-order chi connectivity index (χ0) is 31.4. The standard InChI is InChI=1S/C32H47IN3O6S/c1-6-7-16-36(26-10-8-9-23(18-26)20-33(2,3)4)30(37)22-35-21-27(24-11-12-29-25(19-24)14-17-42-29)31(32(38)39)28(35)13-15-34-43(5,40)41/h8-12,18-19,27-28,31,34H,6-7,13-17,20-22H2,1-5H3,(H,38,39)/q-1/t27-,28+,31-/m1/s1. The summed E-state index contributed by atoms with van der Waals surface area (Å²) in [6, 6.07) is 13.6. The van der Waals surface area contributed by atoms with Gasteiger partial charge < -0.3 is 4.74 Å². The molecule has 2 aliphatic heterocycles. The summed E-state index contributed by atoms with van der Waals surface area (Å²) < 4.78 is 32.9. The molecule has 11 heteroatoms. The Balaban J connectivity index is 1.63. The van der Waals surface area contributed by atoms with E-state index in [1.807, 2.05) is 40.1 Å². The number of rotatable bonds is 14. The number of amides is 1. The molecule has 0 saturated carbocycles. The van der Waals surface area contributed by atoms with Crippen LogP contribution in [0.4, 0.5) is 5.69 Å². The van der Waals surface area contributed by atoms with Crippen molar-refractivity contribution in [1.29, 1.82) is 0 Å². The fourth-order valence-corrected chi connectivity index (χ4v) is 9.87. The van der Waals surface area contributed by atoms with Crippen LogP contribution in [0.3, 0.4) is 0 Å². The average Bonchev–Trinajstić information content (AvgIpc) is 3.52. The number of ether oxygens (including phenoxy) is 1. The molecule has 240 valence electrons. The van der Waals surface area contributed by atoms with E-state index in [0.29, 0.717) is 19.7 Å². The molecule has 0 aromatic heterocycles. The van der Waals surface area contributed by atoms with Gasteiger partial charge in [-0.25, -0.2) is 8.42 Å². The number of anilines is 1. The second kappa shape index (κ2) is 14.3. The zero-order valence-electron chi connectivity index (χ0n) is 26.0. The number of nitrogens with zero attached hydrogens (tertiary/aromatic N) is 2. The molecule has 2 aromatic carbocycles. The average molecular weight is 729 g/mol.